The van der Waals surface area contributed by atoms with Crippen LogP contribution in [0.4, 0.5) is 0 Å². The summed E-state index contributed by atoms with van der Waals surface area (Å²) in [5.41, 5.74) is -0.593. The maximum Gasteiger partial charge on any atom is 0.316 e. The Kier molecular flexibility index (Phi) is 4.73. The maximum atomic E-state index is 12.1. The minimum Gasteiger partial charge on any atom is -0.481 e. The molecule has 104 valence electrons. The van der Waals surface area contributed by atoms with Gasteiger partial charge in [-0.2, -0.15) is 0 Å². The van der Waals surface area contributed by atoms with Gasteiger partial charge in [-0.05, 0) is 17.8 Å². The fourth-order valence-electron chi connectivity index (χ4n) is 2.24. The van der Waals surface area contributed by atoms with Gasteiger partial charge in [0.2, 0.25) is 5.91 Å². The zero-order chi connectivity index (χ0) is 13.9. The fourth-order valence-corrected chi connectivity index (χ4v) is 2.24. The average Bonchev–Trinajstić information content (AvgIpc) is 2.18. The molecule has 0 bridgehead atoms. The van der Waals surface area contributed by atoms with E-state index in [1.807, 2.05) is 6.92 Å². The van der Waals surface area contributed by atoms with Gasteiger partial charge in [-0.15, -0.1) is 0 Å². The van der Waals surface area contributed by atoms with E-state index in [9.17, 15) is 14.7 Å². The number of nitrogens with one attached hydrogen (secondary N) is 1. The highest BCUT2D eigenvalue weighted by atomic mass is 16.5. The van der Waals surface area contributed by atoms with Gasteiger partial charge in [-0.3, -0.25) is 9.59 Å². The number of carbonyl (C=O) groups excluding carboxylic acids is 1. The monoisotopic (exact) mass is 257 g/mol. The van der Waals surface area contributed by atoms with E-state index in [4.69, 9.17) is 4.74 Å². The summed E-state index contributed by atoms with van der Waals surface area (Å²) < 4.78 is 5.30. The van der Waals surface area contributed by atoms with E-state index in [0.29, 0.717) is 13.2 Å². The molecule has 0 spiro atoms. The largest absolute Gasteiger partial charge is 0.481 e. The van der Waals surface area contributed by atoms with Crippen LogP contribution in [0.5, 0.6) is 0 Å². The van der Waals surface area contributed by atoms with Crippen molar-refractivity contribution in [3.63, 3.8) is 0 Å². The molecule has 0 aromatic carbocycles. The lowest BCUT2D eigenvalue weighted by Crippen LogP contribution is -2.50. The lowest BCUT2D eigenvalue weighted by molar-refractivity contribution is -0.152. The van der Waals surface area contributed by atoms with Crippen molar-refractivity contribution in [3.05, 3.63) is 0 Å². The van der Waals surface area contributed by atoms with E-state index in [1.165, 1.54) is 0 Å². The molecule has 3 atom stereocenters. The predicted octanol–water partition coefficient (Wildman–Crippen LogP) is 1.27. The third kappa shape index (κ3) is 3.70. The molecule has 1 rings (SSSR count). The summed E-state index contributed by atoms with van der Waals surface area (Å²) in [6, 6.07) is 0.00968. The standard InChI is InChI=1S/C13H23NO4/c1-8-7-18-6-5-9(8)14-11(15)10(12(16)17)13(2,3)4/h8-10H,5-7H2,1-4H3,(H,14,15)(H,16,17). The van der Waals surface area contributed by atoms with Crippen molar-refractivity contribution in [2.24, 2.45) is 17.3 Å². The highest BCUT2D eigenvalue weighted by Gasteiger charge is 2.39. The molecule has 1 aliphatic rings. The van der Waals surface area contributed by atoms with Crippen molar-refractivity contribution in [1.29, 1.82) is 0 Å². The van der Waals surface area contributed by atoms with Crippen LogP contribution < -0.4 is 5.32 Å². The lowest BCUT2D eigenvalue weighted by Gasteiger charge is -2.33. The molecule has 2 N–H and O–H groups in total. The number of carboxylic acids is 1. The molecule has 1 heterocycles. The second kappa shape index (κ2) is 5.69. The van der Waals surface area contributed by atoms with Crippen LogP contribution in [-0.2, 0) is 14.3 Å². The Bertz CT molecular complexity index is 321. The SMILES string of the molecule is CC1COCCC1NC(=O)C(C(=O)O)C(C)(C)C. The van der Waals surface area contributed by atoms with Crippen molar-refractivity contribution in [2.45, 2.75) is 40.2 Å². The smallest absolute Gasteiger partial charge is 0.316 e. The van der Waals surface area contributed by atoms with Crippen LogP contribution in [0.15, 0.2) is 0 Å². The van der Waals surface area contributed by atoms with Crippen LogP contribution >= 0.6 is 0 Å². The van der Waals surface area contributed by atoms with E-state index < -0.39 is 23.2 Å². The minimum atomic E-state index is -1.07. The van der Waals surface area contributed by atoms with E-state index in [1.54, 1.807) is 20.8 Å². The van der Waals surface area contributed by atoms with Crippen LogP contribution in [-0.4, -0.2) is 36.2 Å². The number of aliphatic carboxylic acids is 1. The third-order valence-electron chi connectivity index (χ3n) is 3.34. The van der Waals surface area contributed by atoms with E-state index in [0.717, 1.165) is 6.42 Å². The summed E-state index contributed by atoms with van der Waals surface area (Å²) in [4.78, 5) is 23.3. The van der Waals surface area contributed by atoms with Gasteiger partial charge in [0.1, 0.15) is 5.92 Å². The van der Waals surface area contributed by atoms with Crippen molar-refractivity contribution in [1.82, 2.24) is 5.32 Å². The molecular weight excluding hydrogens is 234 g/mol. The van der Waals surface area contributed by atoms with Gasteiger partial charge in [0.25, 0.3) is 0 Å². The molecule has 1 aliphatic heterocycles. The lowest BCUT2D eigenvalue weighted by atomic mass is 9.79. The number of rotatable bonds is 3. The number of carboxylic acid groups (broad SMARTS) is 1. The maximum absolute atomic E-state index is 12.1. The Morgan fingerprint density at radius 1 is 1.39 bits per heavy atom. The van der Waals surface area contributed by atoms with Gasteiger partial charge in [0.15, 0.2) is 0 Å². The van der Waals surface area contributed by atoms with Crippen molar-refractivity contribution in [3.8, 4) is 0 Å². The zero-order valence-electron chi connectivity index (χ0n) is 11.5. The Morgan fingerprint density at radius 2 is 2.00 bits per heavy atom. The summed E-state index contributed by atoms with van der Waals surface area (Å²) in [6.45, 7) is 8.51. The van der Waals surface area contributed by atoms with Crippen molar-refractivity contribution in [2.75, 3.05) is 13.2 Å². The molecule has 1 saturated heterocycles. The van der Waals surface area contributed by atoms with Crippen LogP contribution in [0, 0.1) is 17.3 Å². The molecule has 1 amide bonds. The molecule has 0 saturated carbocycles. The second-order valence-electron chi connectivity index (χ2n) is 6.09. The molecule has 5 nitrogen and oxygen atoms in total. The molecular formula is C13H23NO4. The molecule has 0 aromatic heterocycles. The summed E-state index contributed by atoms with van der Waals surface area (Å²) >= 11 is 0. The molecule has 5 heteroatoms. The first-order valence-corrected chi connectivity index (χ1v) is 6.34. The quantitative estimate of drug-likeness (QED) is 0.747. The van der Waals surface area contributed by atoms with Crippen LogP contribution in [0.1, 0.15) is 34.1 Å². The van der Waals surface area contributed by atoms with Crippen molar-refractivity contribution >= 4 is 11.9 Å². The summed E-state index contributed by atoms with van der Waals surface area (Å²) in [5.74, 6) is -2.27. The van der Waals surface area contributed by atoms with Crippen LogP contribution in [0.2, 0.25) is 0 Å². The third-order valence-corrected chi connectivity index (χ3v) is 3.34. The number of amides is 1. The van der Waals surface area contributed by atoms with Gasteiger partial charge < -0.3 is 15.2 Å². The highest BCUT2D eigenvalue weighted by molar-refractivity contribution is 5.97. The van der Waals surface area contributed by atoms with Gasteiger partial charge >= 0.3 is 5.97 Å². The van der Waals surface area contributed by atoms with Crippen LogP contribution in [0.3, 0.4) is 0 Å². The molecule has 3 unspecified atom stereocenters. The normalized spacial score (nSPS) is 26.4. The van der Waals surface area contributed by atoms with Gasteiger partial charge in [0.05, 0.1) is 6.61 Å². The minimum absolute atomic E-state index is 0.00968. The first kappa shape index (κ1) is 15.0. The molecule has 0 radical (unpaired) electrons. The van der Waals surface area contributed by atoms with E-state index in [2.05, 4.69) is 5.32 Å². The van der Waals surface area contributed by atoms with Crippen molar-refractivity contribution < 1.29 is 19.4 Å². The number of carbonyl (C=O) groups is 2. The van der Waals surface area contributed by atoms with Gasteiger partial charge in [0, 0.05) is 12.6 Å². The second-order valence-corrected chi connectivity index (χ2v) is 6.09. The van der Waals surface area contributed by atoms with Gasteiger partial charge in [-0.25, -0.2) is 0 Å². The number of hydrogen-bond donors (Lipinski definition) is 2. The first-order valence-electron chi connectivity index (χ1n) is 6.34. The molecule has 0 aliphatic carbocycles. The summed E-state index contributed by atoms with van der Waals surface area (Å²) in [5, 5.41) is 12.0. The summed E-state index contributed by atoms with van der Waals surface area (Å²) in [7, 11) is 0. The molecule has 0 aromatic rings. The Morgan fingerprint density at radius 3 is 2.44 bits per heavy atom. The number of ether oxygens (including phenoxy) is 1. The predicted molar refractivity (Wildman–Crippen MR) is 67.1 cm³/mol. The Labute approximate surface area is 108 Å². The first-order chi connectivity index (χ1) is 8.23. The molecule has 1 fully saturated rings. The van der Waals surface area contributed by atoms with E-state index >= 15 is 0 Å². The molecule has 18 heavy (non-hydrogen) atoms. The number of hydrogen-bond acceptors (Lipinski definition) is 3. The fraction of sp³-hybridized carbons (Fsp3) is 0.846. The highest BCUT2D eigenvalue weighted by Crippen LogP contribution is 2.27. The Balaban J connectivity index is 2.70. The van der Waals surface area contributed by atoms with Crippen LogP contribution in [0.25, 0.3) is 0 Å². The van der Waals surface area contributed by atoms with E-state index in [-0.39, 0.29) is 12.0 Å². The topological polar surface area (TPSA) is 75.6 Å². The summed E-state index contributed by atoms with van der Waals surface area (Å²) in [6.07, 6.45) is 0.739. The zero-order valence-corrected chi connectivity index (χ0v) is 11.5. The Hall–Kier alpha value is -1.10. The average molecular weight is 257 g/mol. The van der Waals surface area contributed by atoms with Gasteiger partial charge in [-0.1, -0.05) is 27.7 Å².